The first-order valence-corrected chi connectivity index (χ1v) is 12.9. The number of nitrogens with zero attached hydrogens (tertiary/aromatic N) is 2. The topological polar surface area (TPSA) is 118 Å². The predicted molar refractivity (Wildman–Crippen MR) is 157 cm³/mol. The van der Waals surface area contributed by atoms with Gasteiger partial charge in [0.25, 0.3) is 0 Å². The maximum Gasteiger partial charge on any atom is 0.614 e. The molecule has 0 saturated carbocycles. The van der Waals surface area contributed by atoms with Gasteiger partial charge in [0.15, 0.2) is 0 Å². The summed E-state index contributed by atoms with van der Waals surface area (Å²) in [6, 6.07) is 18.9. The number of ether oxygens (including phenoxy) is 1. The summed E-state index contributed by atoms with van der Waals surface area (Å²) in [4.78, 5) is 46.4. The molecule has 2 atom stereocenters. The molecule has 5 aliphatic heterocycles. The summed E-state index contributed by atoms with van der Waals surface area (Å²) in [6.07, 6.45) is 1.65. The van der Waals surface area contributed by atoms with Gasteiger partial charge in [0, 0.05) is 14.1 Å². The lowest BCUT2D eigenvalue weighted by atomic mass is 9.62. The van der Waals surface area contributed by atoms with Crippen LogP contribution < -0.4 is 0 Å². The minimum Gasteiger partial charge on any atom is -0.598 e. The summed E-state index contributed by atoms with van der Waals surface area (Å²) in [5, 5.41) is 0. The largest absolute Gasteiger partial charge is 0.614 e. The van der Waals surface area contributed by atoms with E-state index >= 15 is 0 Å². The van der Waals surface area contributed by atoms with Crippen molar-refractivity contribution in [3.8, 4) is 0 Å². The van der Waals surface area contributed by atoms with Gasteiger partial charge in [-0.25, -0.2) is 0 Å². The van der Waals surface area contributed by atoms with E-state index in [-0.39, 0.29) is 93.2 Å². The van der Waals surface area contributed by atoms with Gasteiger partial charge in [-0.15, -0.1) is 0 Å². The fraction of sp³-hybridized carbons (Fsp3) is 0.379. The van der Waals surface area contributed by atoms with Gasteiger partial charge in [0.2, 0.25) is 0 Å². The van der Waals surface area contributed by atoms with Crippen LogP contribution in [0, 0.1) is 0 Å². The molecular weight excluding hydrogens is 542 g/mol. The Labute approximate surface area is 247 Å². The van der Waals surface area contributed by atoms with Gasteiger partial charge in [-0.2, -0.15) is 0 Å². The molecule has 5 fully saturated rings. The molecule has 226 valence electrons. The fourth-order valence-electron chi connectivity index (χ4n) is 6.19. The SMILES string of the molecule is C.C.C.C[N+]12CC(=O)O[B-]1(/C=C/c1ccccc1)OC(=O)C2.C[N+]12CC(=O)O[B-]1(C1OC1c1ccccc1)OC(=O)C2. The first-order chi connectivity index (χ1) is 18.6. The maximum atomic E-state index is 11.7. The molecule has 42 heavy (non-hydrogen) atoms. The molecule has 0 spiro atoms. The number of likely N-dealkylation sites (N-methyl/N-ethyl adjacent to an activating group) is 2. The van der Waals surface area contributed by atoms with E-state index in [1.165, 1.54) is 0 Å². The molecule has 5 aliphatic rings. The van der Waals surface area contributed by atoms with Crippen molar-refractivity contribution in [3.63, 3.8) is 0 Å². The fourth-order valence-corrected chi connectivity index (χ4v) is 6.19. The van der Waals surface area contributed by atoms with Gasteiger partial charge < -0.3 is 32.1 Å². The van der Waals surface area contributed by atoms with Crippen LogP contribution in [-0.4, -0.2) is 92.3 Å². The Bertz CT molecular complexity index is 1350. The highest BCUT2D eigenvalue weighted by Gasteiger charge is 2.76. The van der Waals surface area contributed by atoms with E-state index in [0.29, 0.717) is 0 Å². The zero-order valence-electron chi connectivity index (χ0n) is 21.6. The van der Waals surface area contributed by atoms with E-state index < -0.39 is 13.4 Å². The molecule has 0 amide bonds. The lowest BCUT2D eigenvalue weighted by molar-refractivity contribution is -0.794. The third-order valence-corrected chi connectivity index (χ3v) is 8.30. The van der Waals surface area contributed by atoms with Crippen LogP contribution in [0.1, 0.15) is 39.5 Å². The highest BCUT2D eigenvalue weighted by atomic mass is 16.7. The quantitative estimate of drug-likeness (QED) is 0.396. The molecule has 2 aromatic carbocycles. The van der Waals surface area contributed by atoms with E-state index in [0.717, 1.165) is 11.1 Å². The number of benzene rings is 2. The normalized spacial score (nSPS) is 35.1. The Morgan fingerprint density at radius 1 is 0.667 bits per heavy atom. The average Bonchev–Trinajstić information content (AvgIpc) is 3.45. The second kappa shape index (κ2) is 11.4. The van der Waals surface area contributed by atoms with Crippen molar-refractivity contribution in [3.05, 3.63) is 77.8 Å². The Morgan fingerprint density at radius 2 is 1.12 bits per heavy atom. The minimum atomic E-state index is -2.09. The van der Waals surface area contributed by atoms with E-state index in [1.807, 2.05) is 80.8 Å². The number of epoxide rings is 1. The number of rotatable bonds is 4. The van der Waals surface area contributed by atoms with Crippen LogP contribution in [0.4, 0.5) is 0 Å². The Balaban J connectivity index is 0.000000215. The molecular formula is C29H40B2N2O9. The van der Waals surface area contributed by atoms with E-state index in [2.05, 4.69) is 0 Å². The average molecular weight is 582 g/mol. The molecule has 0 aromatic heterocycles. The second-order valence-electron chi connectivity index (χ2n) is 11.2. The van der Waals surface area contributed by atoms with Gasteiger partial charge in [-0.1, -0.05) is 95.0 Å². The Kier molecular flexibility index (Phi) is 8.84. The Morgan fingerprint density at radius 3 is 1.64 bits per heavy atom. The van der Waals surface area contributed by atoms with Crippen LogP contribution in [0.15, 0.2) is 66.6 Å². The van der Waals surface area contributed by atoms with Crippen molar-refractivity contribution in [2.75, 3.05) is 40.3 Å². The van der Waals surface area contributed by atoms with Crippen molar-refractivity contribution >= 4 is 43.3 Å². The van der Waals surface area contributed by atoms with Crippen molar-refractivity contribution in [2.24, 2.45) is 0 Å². The molecule has 0 radical (unpaired) electrons. The van der Waals surface area contributed by atoms with Gasteiger partial charge in [-0.05, 0) is 11.1 Å². The Hall–Kier alpha value is -3.93. The van der Waals surface area contributed by atoms with Crippen LogP contribution in [-0.2, 0) is 42.5 Å². The van der Waals surface area contributed by atoms with Crippen molar-refractivity contribution in [1.82, 2.24) is 0 Å². The van der Waals surface area contributed by atoms with Crippen LogP contribution in [0.25, 0.3) is 6.08 Å². The maximum absolute atomic E-state index is 11.7. The molecule has 0 aliphatic carbocycles. The molecule has 2 unspecified atom stereocenters. The first kappa shape index (κ1) is 32.6. The molecule has 5 heterocycles. The van der Waals surface area contributed by atoms with Gasteiger partial charge >= 0.3 is 37.3 Å². The van der Waals surface area contributed by atoms with Crippen molar-refractivity contribution in [1.29, 1.82) is 0 Å². The van der Waals surface area contributed by atoms with Crippen molar-refractivity contribution < 1.29 is 51.3 Å². The number of carbonyl (C=O) groups excluding carboxylic acids is 4. The molecule has 13 heteroatoms. The zero-order valence-corrected chi connectivity index (χ0v) is 21.6. The molecule has 0 bridgehead atoms. The third-order valence-electron chi connectivity index (χ3n) is 8.30. The van der Waals surface area contributed by atoms with Gasteiger partial charge in [-0.3, -0.25) is 19.2 Å². The number of hydrogen-bond acceptors (Lipinski definition) is 9. The smallest absolute Gasteiger partial charge is 0.598 e. The number of quaternary nitrogens is 2. The molecule has 0 N–H and O–H groups in total. The lowest BCUT2D eigenvalue weighted by Crippen LogP contribution is -2.64. The highest BCUT2D eigenvalue weighted by molar-refractivity contribution is 6.71. The van der Waals surface area contributed by atoms with E-state index in [4.69, 9.17) is 23.4 Å². The molecule has 11 nitrogen and oxygen atoms in total. The van der Waals surface area contributed by atoms with Crippen LogP contribution in [0.5, 0.6) is 0 Å². The number of carbonyl (C=O) groups is 4. The van der Waals surface area contributed by atoms with E-state index in [9.17, 15) is 19.2 Å². The summed E-state index contributed by atoms with van der Waals surface area (Å²) in [6.45, 7) is -3.48. The van der Waals surface area contributed by atoms with Crippen LogP contribution >= 0.6 is 0 Å². The first-order valence-electron chi connectivity index (χ1n) is 12.9. The molecule has 5 saturated heterocycles. The summed E-state index contributed by atoms with van der Waals surface area (Å²) in [7, 11) is 3.63. The van der Waals surface area contributed by atoms with Gasteiger partial charge in [0.1, 0.15) is 32.2 Å². The molecule has 2 aromatic rings. The number of fused-ring (bicyclic) bond motifs is 2. The second-order valence-corrected chi connectivity index (χ2v) is 11.2. The predicted octanol–water partition coefficient (Wildman–Crippen LogP) is 2.81. The summed E-state index contributed by atoms with van der Waals surface area (Å²) in [5.74, 6) is 0.399. The standard InChI is InChI=1S/C13H14BNO5.C13H14BNO4.3CH4/c1-15-7-10(16)19-14(15,20-11(17)8-15)13-12(18-13)9-5-3-2-4-6-9;1-15-9-12(16)18-14(15,19-13(17)10-15)8-7-11-5-3-2-4-6-11;;;/h2-6,12-13H,7-8H2,1H3;2-8H,9-10H2,1H3;3*1H4/b;8-7+;;;. The molecule has 7 rings (SSSR count). The van der Waals surface area contributed by atoms with Crippen LogP contribution in [0.2, 0.25) is 0 Å². The van der Waals surface area contributed by atoms with E-state index in [1.54, 1.807) is 5.98 Å². The number of hydrogen-bond donors (Lipinski definition) is 0. The van der Waals surface area contributed by atoms with Gasteiger partial charge in [0.05, 0.1) is 6.10 Å². The lowest BCUT2D eigenvalue weighted by Gasteiger charge is -2.38. The highest BCUT2D eigenvalue weighted by Crippen LogP contribution is 2.51. The minimum absolute atomic E-state index is 0. The monoisotopic (exact) mass is 582 g/mol. The van der Waals surface area contributed by atoms with Crippen LogP contribution in [0.3, 0.4) is 0 Å². The summed E-state index contributed by atoms with van der Waals surface area (Å²) >= 11 is 0. The zero-order chi connectivity index (χ0) is 27.5. The summed E-state index contributed by atoms with van der Waals surface area (Å²) < 4.78 is 27.6. The third kappa shape index (κ3) is 5.23. The summed E-state index contributed by atoms with van der Waals surface area (Å²) in [5.41, 5.74) is 1.97. The van der Waals surface area contributed by atoms with Crippen molar-refractivity contribution in [2.45, 2.75) is 34.4 Å².